The van der Waals surface area contributed by atoms with Crippen molar-refractivity contribution >= 4 is 34.4 Å². The van der Waals surface area contributed by atoms with Crippen molar-refractivity contribution in [3.63, 3.8) is 0 Å². The van der Waals surface area contributed by atoms with Gasteiger partial charge < -0.3 is 16.2 Å². The first kappa shape index (κ1) is 16.8. The number of carboxylic acid groups (broad SMARTS) is 1. The van der Waals surface area contributed by atoms with Crippen LogP contribution in [0.25, 0.3) is 16.6 Å². The molecule has 4 rings (SSSR count). The van der Waals surface area contributed by atoms with E-state index in [0.29, 0.717) is 27.8 Å². The minimum absolute atomic E-state index is 0.0473. The van der Waals surface area contributed by atoms with Crippen LogP contribution in [0.2, 0.25) is 0 Å². The summed E-state index contributed by atoms with van der Waals surface area (Å²) in [5.74, 6) is -1.72. The van der Waals surface area contributed by atoms with Crippen LogP contribution in [-0.2, 0) is 4.79 Å². The van der Waals surface area contributed by atoms with Crippen molar-refractivity contribution in [1.29, 1.82) is 0 Å². The molecule has 1 fully saturated rings. The molecular weight excluding hydrogens is 348 g/mol. The molecule has 0 bridgehead atoms. The molecular formula is C19H16N4O4. The monoisotopic (exact) mass is 364 g/mol. The van der Waals surface area contributed by atoms with E-state index in [1.807, 2.05) is 0 Å². The standard InChI is InChI=1S/C19H16N4O4/c20-17(24)10-3-6-13(7-4-10)23-15-8-5-12(21-18(25)11-1-2-11)9-14(15)16(22-23)19(26)27/h3-9,11H,1-2H2,(H2,20,24)(H,21,25)(H,26,27). The van der Waals surface area contributed by atoms with E-state index in [2.05, 4.69) is 10.4 Å². The molecule has 8 nitrogen and oxygen atoms in total. The molecule has 0 radical (unpaired) electrons. The fourth-order valence-corrected chi connectivity index (χ4v) is 2.91. The number of carboxylic acids is 1. The van der Waals surface area contributed by atoms with Crippen LogP contribution < -0.4 is 11.1 Å². The van der Waals surface area contributed by atoms with Gasteiger partial charge in [-0.15, -0.1) is 0 Å². The number of aromatic carboxylic acids is 1. The van der Waals surface area contributed by atoms with Crippen LogP contribution in [0, 0.1) is 5.92 Å². The summed E-state index contributed by atoms with van der Waals surface area (Å²) in [5.41, 5.74) is 7.17. The third kappa shape index (κ3) is 3.12. The number of anilines is 1. The first-order valence-electron chi connectivity index (χ1n) is 8.41. The lowest BCUT2D eigenvalue weighted by Gasteiger charge is -2.06. The molecule has 0 aliphatic heterocycles. The molecule has 4 N–H and O–H groups in total. The fourth-order valence-electron chi connectivity index (χ4n) is 2.91. The van der Waals surface area contributed by atoms with E-state index in [1.165, 1.54) is 4.68 Å². The van der Waals surface area contributed by atoms with Gasteiger partial charge in [0, 0.05) is 22.6 Å². The van der Waals surface area contributed by atoms with Gasteiger partial charge in [-0.05, 0) is 55.3 Å². The van der Waals surface area contributed by atoms with Gasteiger partial charge in [-0.1, -0.05) is 0 Å². The maximum absolute atomic E-state index is 12.0. The van der Waals surface area contributed by atoms with E-state index in [-0.39, 0.29) is 17.5 Å². The van der Waals surface area contributed by atoms with Gasteiger partial charge in [0.05, 0.1) is 11.2 Å². The van der Waals surface area contributed by atoms with Crippen molar-refractivity contribution in [2.24, 2.45) is 11.7 Å². The number of hydrogen-bond donors (Lipinski definition) is 3. The summed E-state index contributed by atoms with van der Waals surface area (Å²) in [7, 11) is 0. The highest BCUT2D eigenvalue weighted by Gasteiger charge is 2.29. The molecule has 27 heavy (non-hydrogen) atoms. The van der Waals surface area contributed by atoms with Crippen LogP contribution in [-0.4, -0.2) is 32.7 Å². The van der Waals surface area contributed by atoms with Gasteiger partial charge in [-0.25, -0.2) is 9.48 Å². The van der Waals surface area contributed by atoms with Crippen molar-refractivity contribution in [1.82, 2.24) is 9.78 Å². The van der Waals surface area contributed by atoms with Gasteiger partial charge in [0.25, 0.3) is 0 Å². The minimum Gasteiger partial charge on any atom is -0.476 e. The topological polar surface area (TPSA) is 127 Å². The second-order valence-corrected chi connectivity index (χ2v) is 6.47. The lowest BCUT2D eigenvalue weighted by Crippen LogP contribution is -2.13. The molecule has 0 unspecified atom stereocenters. The molecule has 0 saturated heterocycles. The minimum atomic E-state index is -1.17. The van der Waals surface area contributed by atoms with Gasteiger partial charge in [0.2, 0.25) is 11.8 Å². The number of nitrogens with two attached hydrogens (primary N) is 1. The highest BCUT2D eigenvalue weighted by atomic mass is 16.4. The quantitative estimate of drug-likeness (QED) is 0.639. The third-order valence-corrected chi connectivity index (χ3v) is 4.49. The Balaban J connectivity index is 1.78. The molecule has 1 heterocycles. The molecule has 136 valence electrons. The largest absolute Gasteiger partial charge is 0.476 e. The summed E-state index contributed by atoms with van der Waals surface area (Å²) in [4.78, 5) is 34.8. The second-order valence-electron chi connectivity index (χ2n) is 6.47. The van der Waals surface area contributed by atoms with E-state index in [1.54, 1.807) is 42.5 Å². The Morgan fingerprint density at radius 1 is 1.11 bits per heavy atom. The van der Waals surface area contributed by atoms with Crippen LogP contribution in [0.4, 0.5) is 5.69 Å². The number of nitrogens with zero attached hydrogens (tertiary/aromatic N) is 2. The van der Waals surface area contributed by atoms with Crippen LogP contribution in [0.3, 0.4) is 0 Å². The fraction of sp³-hybridized carbons (Fsp3) is 0.158. The molecule has 2 amide bonds. The number of carbonyl (C=O) groups excluding carboxylic acids is 2. The van der Waals surface area contributed by atoms with Crippen LogP contribution in [0.15, 0.2) is 42.5 Å². The first-order chi connectivity index (χ1) is 12.9. The van der Waals surface area contributed by atoms with E-state index < -0.39 is 11.9 Å². The smallest absolute Gasteiger partial charge is 0.357 e. The van der Waals surface area contributed by atoms with E-state index in [9.17, 15) is 19.5 Å². The number of amides is 2. The van der Waals surface area contributed by atoms with E-state index >= 15 is 0 Å². The van der Waals surface area contributed by atoms with Crippen molar-refractivity contribution in [2.75, 3.05) is 5.32 Å². The number of primary amides is 1. The normalized spacial score (nSPS) is 13.5. The number of rotatable bonds is 5. The predicted molar refractivity (Wildman–Crippen MR) is 97.9 cm³/mol. The van der Waals surface area contributed by atoms with E-state index in [4.69, 9.17) is 5.73 Å². The van der Waals surface area contributed by atoms with E-state index in [0.717, 1.165) is 12.8 Å². The zero-order valence-electron chi connectivity index (χ0n) is 14.2. The number of hydrogen-bond acceptors (Lipinski definition) is 4. The zero-order valence-corrected chi connectivity index (χ0v) is 14.2. The van der Waals surface area contributed by atoms with Crippen LogP contribution >= 0.6 is 0 Å². The Kier molecular flexibility index (Phi) is 3.88. The molecule has 8 heteroatoms. The third-order valence-electron chi connectivity index (χ3n) is 4.49. The van der Waals surface area contributed by atoms with Crippen LogP contribution in [0.5, 0.6) is 0 Å². The molecule has 0 spiro atoms. The average molecular weight is 364 g/mol. The second kappa shape index (κ2) is 6.24. The summed E-state index contributed by atoms with van der Waals surface area (Å²) >= 11 is 0. The molecule has 1 aromatic heterocycles. The predicted octanol–water partition coefficient (Wildman–Crippen LogP) is 2.17. The Bertz CT molecular complexity index is 1080. The highest BCUT2D eigenvalue weighted by molar-refractivity contribution is 6.04. The van der Waals surface area contributed by atoms with Gasteiger partial charge in [0.1, 0.15) is 0 Å². The summed E-state index contributed by atoms with van der Waals surface area (Å²) in [6.07, 6.45) is 1.77. The number of benzene rings is 2. The Hall–Kier alpha value is -3.68. The molecule has 3 aromatic rings. The van der Waals surface area contributed by atoms with Crippen molar-refractivity contribution in [3.8, 4) is 5.69 Å². The van der Waals surface area contributed by atoms with Gasteiger partial charge in [-0.3, -0.25) is 9.59 Å². The van der Waals surface area contributed by atoms with Crippen LogP contribution in [0.1, 0.15) is 33.7 Å². The summed E-state index contributed by atoms with van der Waals surface area (Å²) in [6, 6.07) is 11.4. The van der Waals surface area contributed by atoms with Gasteiger partial charge in [0.15, 0.2) is 5.69 Å². The summed E-state index contributed by atoms with van der Waals surface area (Å²) < 4.78 is 1.48. The molecule has 1 aliphatic carbocycles. The average Bonchev–Trinajstić information content (AvgIpc) is 3.42. The maximum Gasteiger partial charge on any atom is 0.357 e. The van der Waals surface area contributed by atoms with Gasteiger partial charge in [-0.2, -0.15) is 5.10 Å². The first-order valence-corrected chi connectivity index (χ1v) is 8.41. The number of aromatic nitrogens is 2. The Morgan fingerprint density at radius 3 is 2.41 bits per heavy atom. The van der Waals surface area contributed by atoms with Crippen molar-refractivity contribution in [3.05, 3.63) is 53.7 Å². The lowest BCUT2D eigenvalue weighted by molar-refractivity contribution is -0.117. The number of nitrogens with one attached hydrogen (secondary N) is 1. The number of fused-ring (bicyclic) bond motifs is 1. The molecule has 0 atom stereocenters. The van der Waals surface area contributed by atoms with Crippen molar-refractivity contribution < 1.29 is 19.5 Å². The lowest BCUT2D eigenvalue weighted by atomic mass is 10.1. The molecule has 2 aromatic carbocycles. The summed E-state index contributed by atoms with van der Waals surface area (Å²) in [6.45, 7) is 0. The summed E-state index contributed by atoms with van der Waals surface area (Å²) in [5, 5.41) is 16.9. The molecule has 1 saturated carbocycles. The van der Waals surface area contributed by atoms with Crippen molar-refractivity contribution in [2.45, 2.75) is 12.8 Å². The number of carbonyl (C=O) groups is 3. The molecule has 1 aliphatic rings. The maximum atomic E-state index is 12.0. The van der Waals surface area contributed by atoms with Gasteiger partial charge >= 0.3 is 5.97 Å². The Labute approximate surface area is 153 Å². The highest BCUT2D eigenvalue weighted by Crippen LogP contribution is 2.31. The zero-order chi connectivity index (χ0) is 19.1. The SMILES string of the molecule is NC(=O)c1ccc(-n2nc(C(=O)O)c3cc(NC(=O)C4CC4)ccc32)cc1. The Morgan fingerprint density at radius 2 is 1.81 bits per heavy atom.